The average molecular weight is 457 g/mol. The maximum atomic E-state index is 13.2. The number of alkyl halides is 3. The van der Waals surface area contributed by atoms with Crippen molar-refractivity contribution in [2.45, 2.75) is 31.1 Å². The highest BCUT2D eigenvalue weighted by atomic mass is 19.4. The zero-order chi connectivity index (χ0) is 23.6. The second-order valence-electron chi connectivity index (χ2n) is 8.01. The Morgan fingerprint density at radius 3 is 2.39 bits per heavy atom. The van der Waals surface area contributed by atoms with Crippen molar-refractivity contribution in [2.24, 2.45) is 7.05 Å². The molecule has 1 aromatic heterocycles. The molecule has 0 saturated heterocycles. The number of hydrogen-bond donors (Lipinski definition) is 3. The van der Waals surface area contributed by atoms with Gasteiger partial charge >= 0.3 is 6.18 Å². The van der Waals surface area contributed by atoms with Crippen LogP contribution in [0.25, 0.3) is 0 Å². The van der Waals surface area contributed by atoms with Gasteiger partial charge in [0.25, 0.3) is 5.91 Å². The van der Waals surface area contributed by atoms with Gasteiger partial charge in [0.15, 0.2) is 0 Å². The van der Waals surface area contributed by atoms with Crippen LogP contribution in [0.5, 0.6) is 0 Å². The molecule has 2 aromatic carbocycles. The van der Waals surface area contributed by atoms with Crippen molar-refractivity contribution in [1.82, 2.24) is 20.2 Å². The third-order valence-corrected chi connectivity index (χ3v) is 5.39. The molecule has 1 aliphatic rings. The normalized spacial score (nSPS) is 14.4. The number of imidazole rings is 1. The molecular formula is C23H22F3N5O2. The lowest BCUT2D eigenvalue weighted by atomic mass is 10.1. The predicted octanol–water partition coefficient (Wildman–Crippen LogP) is 3.76. The number of nitrogens with zero attached hydrogens (tertiary/aromatic N) is 2. The van der Waals surface area contributed by atoms with Gasteiger partial charge in [0.05, 0.1) is 17.6 Å². The van der Waals surface area contributed by atoms with Crippen molar-refractivity contribution in [2.75, 3.05) is 5.32 Å². The monoisotopic (exact) mass is 457 g/mol. The van der Waals surface area contributed by atoms with Crippen LogP contribution in [0.1, 0.15) is 34.5 Å². The van der Waals surface area contributed by atoms with E-state index in [4.69, 9.17) is 0 Å². The number of aryl methyl sites for hydroxylation is 1. The van der Waals surface area contributed by atoms with Gasteiger partial charge in [-0.1, -0.05) is 24.3 Å². The fraction of sp³-hybridized carbons (Fsp3) is 0.261. The summed E-state index contributed by atoms with van der Waals surface area (Å²) in [7, 11) is 1.75. The maximum Gasteiger partial charge on any atom is 0.418 e. The summed E-state index contributed by atoms with van der Waals surface area (Å²) in [5.41, 5.74) is -0.217. The Balaban J connectivity index is 1.34. The van der Waals surface area contributed by atoms with E-state index < -0.39 is 23.2 Å². The van der Waals surface area contributed by atoms with E-state index in [1.165, 1.54) is 24.5 Å². The molecule has 0 spiro atoms. The third-order valence-electron chi connectivity index (χ3n) is 5.39. The predicted molar refractivity (Wildman–Crippen MR) is 116 cm³/mol. The molecule has 0 radical (unpaired) electrons. The Hall–Kier alpha value is -3.82. The zero-order valence-corrected chi connectivity index (χ0v) is 17.7. The van der Waals surface area contributed by atoms with Gasteiger partial charge in [-0.15, -0.1) is 0 Å². The molecular weight excluding hydrogens is 435 g/mol. The number of rotatable bonds is 7. The minimum atomic E-state index is -4.46. The summed E-state index contributed by atoms with van der Waals surface area (Å²) in [4.78, 5) is 29.0. The fourth-order valence-corrected chi connectivity index (χ4v) is 3.40. The first-order valence-corrected chi connectivity index (χ1v) is 10.3. The van der Waals surface area contributed by atoms with E-state index in [2.05, 4.69) is 20.9 Å². The summed E-state index contributed by atoms with van der Waals surface area (Å²) in [6.07, 6.45) is -0.294. The van der Waals surface area contributed by atoms with Gasteiger partial charge in [-0.25, -0.2) is 4.98 Å². The SMILES string of the molecule is Cn1cnc(C(=O)NC2(C(=O)NCc3ccc(Nc4ccccc4C(F)(F)F)cc3)CC2)c1. The number of carbonyl (C=O) groups is 2. The first kappa shape index (κ1) is 22.4. The van der Waals surface area contributed by atoms with Crippen molar-refractivity contribution < 1.29 is 22.8 Å². The van der Waals surface area contributed by atoms with E-state index in [1.54, 1.807) is 42.1 Å². The zero-order valence-electron chi connectivity index (χ0n) is 17.7. The van der Waals surface area contributed by atoms with Crippen LogP contribution in [0, 0.1) is 0 Å². The van der Waals surface area contributed by atoms with E-state index in [9.17, 15) is 22.8 Å². The van der Waals surface area contributed by atoms with E-state index in [0.29, 0.717) is 18.5 Å². The number of aromatic nitrogens is 2. The highest BCUT2D eigenvalue weighted by molar-refractivity contribution is 5.99. The molecule has 0 aliphatic heterocycles. The van der Waals surface area contributed by atoms with Crippen molar-refractivity contribution in [3.05, 3.63) is 77.9 Å². The number of carbonyl (C=O) groups excluding carboxylic acids is 2. The first-order valence-electron chi connectivity index (χ1n) is 10.3. The Labute approximate surface area is 188 Å². The lowest BCUT2D eigenvalue weighted by Crippen LogP contribution is -2.48. The summed E-state index contributed by atoms with van der Waals surface area (Å²) < 4.78 is 41.1. The molecule has 0 atom stereocenters. The molecule has 1 heterocycles. The second-order valence-corrected chi connectivity index (χ2v) is 8.01. The van der Waals surface area contributed by atoms with E-state index in [1.807, 2.05) is 0 Å². The van der Waals surface area contributed by atoms with Crippen LogP contribution in [0.3, 0.4) is 0 Å². The van der Waals surface area contributed by atoms with Crippen molar-refractivity contribution in [3.8, 4) is 0 Å². The minimum absolute atomic E-state index is 0.0367. The van der Waals surface area contributed by atoms with Gasteiger partial charge in [-0.3, -0.25) is 9.59 Å². The lowest BCUT2D eigenvalue weighted by Gasteiger charge is -2.17. The number of amides is 2. The molecule has 3 N–H and O–H groups in total. The standard InChI is InChI=1S/C23H22F3N5O2/c1-31-13-19(28-14-31)20(32)30-22(10-11-22)21(33)27-12-15-6-8-16(9-7-15)29-18-5-3-2-4-17(18)23(24,25)26/h2-9,13-14,29H,10-12H2,1H3,(H,27,33)(H,30,32). The van der Waals surface area contributed by atoms with E-state index in [-0.39, 0.29) is 23.8 Å². The number of anilines is 2. The van der Waals surface area contributed by atoms with Crippen molar-refractivity contribution in [1.29, 1.82) is 0 Å². The van der Waals surface area contributed by atoms with Gasteiger partial charge in [0.2, 0.25) is 5.91 Å². The third kappa shape index (κ3) is 5.16. The van der Waals surface area contributed by atoms with Gasteiger partial charge in [0, 0.05) is 25.5 Å². The van der Waals surface area contributed by atoms with Crippen molar-refractivity contribution in [3.63, 3.8) is 0 Å². The summed E-state index contributed by atoms with van der Waals surface area (Å²) in [5.74, 6) is -0.689. The highest BCUT2D eigenvalue weighted by Gasteiger charge is 2.51. The molecule has 7 nitrogen and oxygen atoms in total. The Morgan fingerprint density at radius 1 is 1.09 bits per heavy atom. The van der Waals surface area contributed by atoms with Gasteiger partial charge in [0.1, 0.15) is 11.2 Å². The largest absolute Gasteiger partial charge is 0.418 e. The van der Waals surface area contributed by atoms with Crippen LogP contribution < -0.4 is 16.0 Å². The quantitative estimate of drug-likeness (QED) is 0.504. The summed E-state index contributed by atoms with van der Waals surface area (Å²) in [6.45, 7) is 0.222. The number of benzene rings is 2. The molecule has 0 unspecified atom stereocenters. The minimum Gasteiger partial charge on any atom is -0.355 e. The van der Waals surface area contributed by atoms with E-state index in [0.717, 1.165) is 11.6 Å². The number of halogens is 3. The Bertz CT molecular complexity index is 1170. The maximum absolute atomic E-state index is 13.2. The number of hydrogen-bond acceptors (Lipinski definition) is 4. The highest BCUT2D eigenvalue weighted by Crippen LogP contribution is 2.37. The second kappa shape index (κ2) is 8.61. The Morgan fingerprint density at radius 2 is 1.79 bits per heavy atom. The number of nitrogens with one attached hydrogen (secondary N) is 3. The summed E-state index contributed by atoms with van der Waals surface area (Å²) in [6, 6.07) is 12.0. The molecule has 33 heavy (non-hydrogen) atoms. The molecule has 1 aliphatic carbocycles. The van der Waals surface area contributed by atoms with Crippen LogP contribution in [-0.4, -0.2) is 26.9 Å². The van der Waals surface area contributed by atoms with Crippen molar-refractivity contribution >= 4 is 23.2 Å². The van der Waals surface area contributed by atoms with Crippen LogP contribution in [0.15, 0.2) is 61.1 Å². The van der Waals surface area contributed by atoms with Crippen LogP contribution in [-0.2, 0) is 24.6 Å². The molecule has 1 saturated carbocycles. The van der Waals surface area contributed by atoms with Crippen LogP contribution in [0.4, 0.5) is 24.5 Å². The Kier molecular flexibility index (Phi) is 5.84. The van der Waals surface area contributed by atoms with Gasteiger partial charge < -0.3 is 20.5 Å². The van der Waals surface area contributed by atoms with E-state index >= 15 is 0 Å². The number of para-hydroxylation sites is 1. The molecule has 1 fully saturated rings. The molecule has 3 aromatic rings. The summed E-state index contributed by atoms with van der Waals surface area (Å²) >= 11 is 0. The van der Waals surface area contributed by atoms with Gasteiger partial charge in [-0.2, -0.15) is 13.2 Å². The molecule has 172 valence electrons. The first-order chi connectivity index (χ1) is 15.7. The molecule has 0 bridgehead atoms. The van der Waals surface area contributed by atoms with Crippen LogP contribution in [0.2, 0.25) is 0 Å². The molecule has 2 amide bonds. The lowest BCUT2D eigenvalue weighted by molar-refractivity contribution is -0.137. The van der Waals surface area contributed by atoms with Gasteiger partial charge in [-0.05, 0) is 42.7 Å². The molecule has 4 rings (SSSR count). The average Bonchev–Trinajstić information content (AvgIpc) is 3.43. The van der Waals surface area contributed by atoms with Crippen LogP contribution >= 0.6 is 0 Å². The topological polar surface area (TPSA) is 88.0 Å². The smallest absolute Gasteiger partial charge is 0.355 e. The summed E-state index contributed by atoms with van der Waals surface area (Å²) in [5, 5.41) is 8.35. The fourth-order valence-electron chi connectivity index (χ4n) is 3.40. The molecule has 10 heteroatoms.